The van der Waals surface area contributed by atoms with E-state index in [1.54, 1.807) is 0 Å². The van der Waals surface area contributed by atoms with Gasteiger partial charge in [0.05, 0.1) is 0 Å². The first-order valence-electron chi connectivity index (χ1n) is 15.7. The van der Waals surface area contributed by atoms with E-state index in [0.717, 1.165) is 49.4 Å². The Morgan fingerprint density at radius 2 is 0.761 bits per heavy atom. The molecule has 0 amide bonds. The van der Waals surface area contributed by atoms with Crippen molar-refractivity contribution in [1.82, 2.24) is 0 Å². The summed E-state index contributed by atoms with van der Waals surface area (Å²) >= 11 is 0. The van der Waals surface area contributed by atoms with Crippen LogP contribution in [0.3, 0.4) is 0 Å². The molecule has 0 saturated heterocycles. The lowest BCUT2D eigenvalue weighted by Crippen LogP contribution is -1.92. The first-order valence-corrected chi connectivity index (χ1v) is 15.7. The minimum atomic E-state index is 0.795. The van der Waals surface area contributed by atoms with Gasteiger partial charge in [-0.1, -0.05) is 127 Å². The zero-order valence-electron chi connectivity index (χ0n) is 24.8. The van der Waals surface area contributed by atoms with Gasteiger partial charge in [-0.15, -0.1) is 0 Å². The Bertz CT molecular complexity index is 2740. The number of benzene rings is 8. The number of fused-ring (bicyclic) bond motifs is 9. The Morgan fingerprint density at radius 3 is 1.43 bits per heavy atom. The third kappa shape index (κ3) is 3.59. The number of hydrogen-bond donors (Lipinski definition) is 0. The molecule has 0 fully saturated rings. The Morgan fingerprint density at radius 1 is 0.283 bits per heavy atom. The monoisotopic (exact) mass is 586 g/mol. The maximum Gasteiger partial charge on any atom is 0.178 e. The second kappa shape index (κ2) is 9.69. The lowest BCUT2D eigenvalue weighted by atomic mass is 9.84. The van der Waals surface area contributed by atoms with E-state index in [2.05, 4.69) is 140 Å². The molecule has 10 aromatic rings. The molecular weight excluding hydrogens is 560 g/mol. The van der Waals surface area contributed by atoms with Crippen LogP contribution in [-0.2, 0) is 0 Å². The summed E-state index contributed by atoms with van der Waals surface area (Å²) in [5.41, 5.74) is 10.6. The summed E-state index contributed by atoms with van der Waals surface area (Å²) < 4.78 is 13.0. The van der Waals surface area contributed by atoms with Crippen molar-refractivity contribution >= 4 is 65.4 Å². The summed E-state index contributed by atoms with van der Waals surface area (Å²) in [6.07, 6.45) is 0. The smallest absolute Gasteiger partial charge is 0.178 e. The molecule has 0 radical (unpaired) electrons. The van der Waals surface area contributed by atoms with Gasteiger partial charge >= 0.3 is 0 Å². The SMILES string of the molecule is c1ccc(-c2ccccc2-c2c3ccccc3c(-c3ccc4c(c3)oc3c4ccc4c5ccccc5oc43)c3ccccc23)cc1. The van der Waals surface area contributed by atoms with Crippen LogP contribution in [0, 0.1) is 0 Å². The first-order chi connectivity index (χ1) is 22.8. The normalized spacial score (nSPS) is 11.9. The van der Waals surface area contributed by atoms with E-state index in [-0.39, 0.29) is 0 Å². The highest BCUT2D eigenvalue weighted by Gasteiger charge is 2.20. The lowest BCUT2D eigenvalue weighted by Gasteiger charge is -2.19. The maximum atomic E-state index is 6.65. The Hall–Kier alpha value is -6.12. The van der Waals surface area contributed by atoms with Gasteiger partial charge in [-0.05, 0) is 85.3 Å². The summed E-state index contributed by atoms with van der Waals surface area (Å²) in [6.45, 7) is 0. The van der Waals surface area contributed by atoms with Crippen molar-refractivity contribution in [3.8, 4) is 33.4 Å². The summed E-state index contributed by atoms with van der Waals surface area (Å²) in [5.74, 6) is 0. The zero-order valence-corrected chi connectivity index (χ0v) is 24.8. The number of para-hydroxylation sites is 1. The fourth-order valence-electron chi connectivity index (χ4n) is 7.47. The fraction of sp³-hybridized carbons (Fsp3) is 0. The molecule has 46 heavy (non-hydrogen) atoms. The van der Waals surface area contributed by atoms with Crippen LogP contribution in [-0.4, -0.2) is 0 Å². The molecule has 0 unspecified atom stereocenters. The van der Waals surface area contributed by atoms with Gasteiger partial charge in [0, 0.05) is 21.5 Å². The van der Waals surface area contributed by atoms with E-state index >= 15 is 0 Å². The first kappa shape index (κ1) is 25.2. The maximum absolute atomic E-state index is 6.65. The lowest BCUT2D eigenvalue weighted by molar-refractivity contribution is 0.633. The molecule has 2 aromatic heterocycles. The second-order valence-corrected chi connectivity index (χ2v) is 12.0. The molecule has 0 saturated carbocycles. The highest BCUT2D eigenvalue weighted by molar-refractivity contribution is 6.23. The van der Waals surface area contributed by atoms with Gasteiger partial charge in [0.15, 0.2) is 11.2 Å². The summed E-state index contributed by atoms with van der Waals surface area (Å²) in [5, 5.41) is 9.22. The second-order valence-electron chi connectivity index (χ2n) is 12.0. The van der Waals surface area contributed by atoms with Crippen LogP contribution in [0.1, 0.15) is 0 Å². The van der Waals surface area contributed by atoms with Crippen LogP contribution in [0.15, 0.2) is 167 Å². The number of furan rings is 2. The molecule has 0 N–H and O–H groups in total. The minimum absolute atomic E-state index is 0.795. The van der Waals surface area contributed by atoms with Crippen molar-refractivity contribution < 1.29 is 8.83 Å². The summed E-state index contributed by atoms with van der Waals surface area (Å²) in [6, 6.07) is 56.2. The molecule has 2 nitrogen and oxygen atoms in total. The molecule has 2 heteroatoms. The molecule has 0 atom stereocenters. The molecule has 10 rings (SSSR count). The fourth-order valence-corrected chi connectivity index (χ4v) is 7.47. The van der Waals surface area contributed by atoms with E-state index in [9.17, 15) is 0 Å². The topological polar surface area (TPSA) is 26.3 Å². The quantitative estimate of drug-likeness (QED) is 0.193. The number of hydrogen-bond acceptors (Lipinski definition) is 2. The van der Waals surface area contributed by atoms with Gasteiger partial charge < -0.3 is 8.83 Å². The van der Waals surface area contributed by atoms with Gasteiger partial charge in [0.1, 0.15) is 11.2 Å². The minimum Gasteiger partial charge on any atom is -0.452 e. The van der Waals surface area contributed by atoms with Crippen molar-refractivity contribution in [1.29, 1.82) is 0 Å². The molecule has 0 aliphatic rings. The van der Waals surface area contributed by atoms with Gasteiger partial charge in [-0.25, -0.2) is 0 Å². The van der Waals surface area contributed by atoms with Crippen LogP contribution >= 0.6 is 0 Å². The Balaban J connectivity index is 1.25. The van der Waals surface area contributed by atoms with Crippen molar-refractivity contribution in [2.75, 3.05) is 0 Å². The molecule has 2 heterocycles. The Kier molecular flexibility index (Phi) is 5.31. The van der Waals surface area contributed by atoms with E-state index in [1.165, 1.54) is 49.4 Å². The van der Waals surface area contributed by atoms with Crippen LogP contribution in [0.5, 0.6) is 0 Å². The highest BCUT2D eigenvalue weighted by atomic mass is 16.4. The molecule has 0 aliphatic carbocycles. The average Bonchev–Trinajstić information content (AvgIpc) is 3.69. The van der Waals surface area contributed by atoms with Crippen molar-refractivity contribution in [2.45, 2.75) is 0 Å². The van der Waals surface area contributed by atoms with Gasteiger partial charge in [-0.3, -0.25) is 0 Å². The molecule has 0 aliphatic heterocycles. The van der Waals surface area contributed by atoms with Gasteiger partial charge in [0.2, 0.25) is 0 Å². The molecule has 214 valence electrons. The van der Waals surface area contributed by atoms with E-state index in [1.807, 2.05) is 18.2 Å². The van der Waals surface area contributed by atoms with E-state index in [4.69, 9.17) is 8.83 Å². The van der Waals surface area contributed by atoms with Gasteiger partial charge in [0.25, 0.3) is 0 Å². The predicted molar refractivity (Wildman–Crippen MR) is 192 cm³/mol. The molecular formula is C44H26O2. The van der Waals surface area contributed by atoms with Crippen molar-refractivity contribution in [3.05, 3.63) is 158 Å². The third-order valence-corrected chi connectivity index (χ3v) is 9.49. The zero-order chi connectivity index (χ0) is 30.2. The summed E-state index contributed by atoms with van der Waals surface area (Å²) in [4.78, 5) is 0. The average molecular weight is 587 g/mol. The van der Waals surface area contributed by atoms with E-state index < -0.39 is 0 Å². The Labute approximate surface area is 264 Å². The van der Waals surface area contributed by atoms with Crippen LogP contribution in [0.4, 0.5) is 0 Å². The van der Waals surface area contributed by atoms with Crippen molar-refractivity contribution in [2.24, 2.45) is 0 Å². The van der Waals surface area contributed by atoms with Crippen LogP contribution < -0.4 is 0 Å². The highest BCUT2D eigenvalue weighted by Crippen LogP contribution is 2.47. The third-order valence-electron chi connectivity index (χ3n) is 9.49. The van der Waals surface area contributed by atoms with Crippen LogP contribution in [0.25, 0.3) is 98.8 Å². The largest absolute Gasteiger partial charge is 0.452 e. The standard InChI is InChI=1S/C44H26O2/c1-2-12-27(13-3-1)29-14-4-5-16-32(29)42-35-19-8-6-17-33(35)41(34-18-7-9-20-36(34)42)28-22-23-31-38-25-24-37-30-15-10-11-21-39(30)45-43(37)44(38)46-40(31)26-28/h1-26H. The molecule has 0 bridgehead atoms. The van der Waals surface area contributed by atoms with E-state index in [0.29, 0.717) is 0 Å². The van der Waals surface area contributed by atoms with Crippen molar-refractivity contribution in [3.63, 3.8) is 0 Å². The predicted octanol–water partition coefficient (Wildman–Crippen LogP) is 12.8. The number of rotatable bonds is 3. The molecule has 0 spiro atoms. The van der Waals surface area contributed by atoms with Crippen LogP contribution in [0.2, 0.25) is 0 Å². The van der Waals surface area contributed by atoms with Gasteiger partial charge in [-0.2, -0.15) is 0 Å². The summed E-state index contributed by atoms with van der Waals surface area (Å²) in [7, 11) is 0. The molecule has 8 aromatic carbocycles.